The molecule has 2 aromatic rings. The Kier molecular flexibility index (Phi) is 8.42. The van der Waals surface area contributed by atoms with E-state index in [9.17, 15) is 0 Å². The molecule has 0 spiro atoms. The lowest BCUT2D eigenvalue weighted by Crippen LogP contribution is -2.13. The first-order valence-corrected chi connectivity index (χ1v) is 8.03. The summed E-state index contributed by atoms with van der Waals surface area (Å²) < 4.78 is 5.75. The van der Waals surface area contributed by atoms with Crippen LogP contribution < -0.4 is 10.5 Å². The third-order valence-corrected chi connectivity index (χ3v) is 4.19. The van der Waals surface area contributed by atoms with Gasteiger partial charge in [0.15, 0.2) is 0 Å². The van der Waals surface area contributed by atoms with E-state index in [0.717, 1.165) is 47.2 Å². The van der Waals surface area contributed by atoms with Crippen molar-refractivity contribution in [3.8, 4) is 16.3 Å². The number of unbranched alkanes of at least 4 members (excludes halogenated alkanes) is 1. The molecule has 4 nitrogen and oxygen atoms in total. The van der Waals surface area contributed by atoms with E-state index in [1.807, 2.05) is 30.5 Å². The molecular formula is C16H24ClN3OS. The van der Waals surface area contributed by atoms with Crippen LogP contribution in [0.1, 0.15) is 17.7 Å². The number of nitrogens with two attached hydrogens (primary N) is 1. The average molecular weight is 342 g/mol. The monoisotopic (exact) mass is 341 g/mol. The van der Waals surface area contributed by atoms with Gasteiger partial charge in [0.05, 0.1) is 6.61 Å². The molecule has 2 rings (SSSR count). The third kappa shape index (κ3) is 5.93. The molecule has 0 aliphatic carbocycles. The summed E-state index contributed by atoms with van der Waals surface area (Å²) in [5.74, 6) is 0.916. The van der Waals surface area contributed by atoms with Crippen LogP contribution in [0, 0.1) is 0 Å². The van der Waals surface area contributed by atoms with Gasteiger partial charge in [-0.2, -0.15) is 0 Å². The van der Waals surface area contributed by atoms with Crippen LogP contribution in [0.2, 0.25) is 0 Å². The van der Waals surface area contributed by atoms with E-state index in [4.69, 9.17) is 10.5 Å². The van der Waals surface area contributed by atoms with Crippen molar-refractivity contribution < 1.29 is 4.74 Å². The van der Waals surface area contributed by atoms with Gasteiger partial charge in [-0.25, -0.2) is 4.98 Å². The minimum atomic E-state index is 0. The minimum absolute atomic E-state index is 0. The van der Waals surface area contributed by atoms with Crippen molar-refractivity contribution in [3.05, 3.63) is 35.3 Å². The smallest absolute Gasteiger partial charge is 0.123 e. The topological polar surface area (TPSA) is 51.4 Å². The second kappa shape index (κ2) is 9.79. The van der Waals surface area contributed by atoms with Crippen LogP contribution in [0.3, 0.4) is 0 Å². The highest BCUT2D eigenvalue weighted by molar-refractivity contribution is 7.15. The molecule has 22 heavy (non-hydrogen) atoms. The number of hydrogen-bond acceptors (Lipinski definition) is 5. The van der Waals surface area contributed by atoms with E-state index in [-0.39, 0.29) is 12.4 Å². The van der Waals surface area contributed by atoms with Gasteiger partial charge in [0, 0.05) is 23.2 Å². The zero-order chi connectivity index (χ0) is 15.1. The van der Waals surface area contributed by atoms with Gasteiger partial charge in [-0.05, 0) is 57.7 Å². The maximum atomic E-state index is 5.75. The van der Waals surface area contributed by atoms with Gasteiger partial charge < -0.3 is 15.4 Å². The first kappa shape index (κ1) is 18.9. The molecule has 0 aliphatic rings. The largest absolute Gasteiger partial charge is 0.494 e. The summed E-state index contributed by atoms with van der Waals surface area (Å²) in [6.45, 7) is 2.42. The average Bonchev–Trinajstić information content (AvgIpc) is 2.96. The van der Waals surface area contributed by atoms with E-state index >= 15 is 0 Å². The second-order valence-electron chi connectivity index (χ2n) is 5.22. The van der Waals surface area contributed by atoms with Gasteiger partial charge >= 0.3 is 0 Å². The summed E-state index contributed by atoms with van der Waals surface area (Å²) in [6.07, 6.45) is 4.08. The molecule has 0 saturated carbocycles. The maximum Gasteiger partial charge on any atom is 0.123 e. The molecule has 0 saturated heterocycles. The van der Waals surface area contributed by atoms with Crippen LogP contribution >= 0.6 is 23.7 Å². The predicted molar refractivity (Wildman–Crippen MR) is 96.0 cm³/mol. The van der Waals surface area contributed by atoms with Gasteiger partial charge in [0.2, 0.25) is 0 Å². The highest BCUT2D eigenvalue weighted by Crippen LogP contribution is 2.26. The molecular weight excluding hydrogens is 318 g/mol. The lowest BCUT2D eigenvalue weighted by atomic mass is 10.2. The first-order valence-electron chi connectivity index (χ1n) is 7.22. The third-order valence-electron chi connectivity index (χ3n) is 3.12. The highest BCUT2D eigenvalue weighted by atomic mass is 35.5. The van der Waals surface area contributed by atoms with Crippen molar-refractivity contribution in [1.82, 2.24) is 9.88 Å². The summed E-state index contributed by atoms with van der Waals surface area (Å²) in [7, 11) is 4.18. The molecule has 1 heterocycles. The molecule has 0 amide bonds. The van der Waals surface area contributed by atoms with E-state index in [0.29, 0.717) is 6.54 Å². The number of halogens is 1. The van der Waals surface area contributed by atoms with E-state index in [2.05, 4.69) is 24.0 Å². The molecule has 0 bridgehead atoms. The summed E-state index contributed by atoms with van der Waals surface area (Å²) in [5, 5.41) is 1.01. The number of aromatic nitrogens is 1. The predicted octanol–water partition coefficient (Wildman–Crippen LogP) is 3.41. The van der Waals surface area contributed by atoms with Gasteiger partial charge in [-0.1, -0.05) is 0 Å². The molecule has 0 radical (unpaired) electrons. The van der Waals surface area contributed by atoms with Gasteiger partial charge in [-0.15, -0.1) is 23.7 Å². The van der Waals surface area contributed by atoms with Crippen LogP contribution in [0.15, 0.2) is 30.5 Å². The molecule has 0 aliphatic heterocycles. The number of nitrogens with zero attached hydrogens (tertiary/aromatic N) is 2. The van der Waals surface area contributed by atoms with Crippen LogP contribution in [0.5, 0.6) is 5.75 Å². The summed E-state index contributed by atoms with van der Waals surface area (Å²) >= 11 is 1.64. The molecule has 1 aromatic heterocycles. The van der Waals surface area contributed by atoms with Gasteiger partial charge in [-0.3, -0.25) is 0 Å². The number of rotatable bonds is 8. The van der Waals surface area contributed by atoms with Crippen molar-refractivity contribution in [3.63, 3.8) is 0 Å². The Labute approximate surface area is 142 Å². The Morgan fingerprint density at radius 2 is 1.91 bits per heavy atom. The lowest BCUT2D eigenvalue weighted by Gasteiger charge is -2.10. The molecule has 122 valence electrons. The van der Waals surface area contributed by atoms with Crippen LogP contribution in [-0.4, -0.2) is 37.1 Å². The molecule has 2 N–H and O–H groups in total. The lowest BCUT2D eigenvalue weighted by molar-refractivity contribution is 0.293. The normalized spacial score (nSPS) is 10.5. The van der Waals surface area contributed by atoms with Crippen molar-refractivity contribution in [1.29, 1.82) is 0 Å². The Morgan fingerprint density at radius 1 is 1.18 bits per heavy atom. The molecule has 0 fully saturated rings. The first-order chi connectivity index (χ1) is 10.2. The Hall–Kier alpha value is -1.14. The maximum absolute atomic E-state index is 5.75. The van der Waals surface area contributed by atoms with Gasteiger partial charge in [0.1, 0.15) is 10.8 Å². The van der Waals surface area contributed by atoms with Crippen molar-refractivity contribution >= 4 is 23.7 Å². The Balaban J connectivity index is 0.00000242. The van der Waals surface area contributed by atoms with Gasteiger partial charge in [0.25, 0.3) is 0 Å². The fourth-order valence-electron chi connectivity index (χ4n) is 1.95. The number of hydrogen-bond donors (Lipinski definition) is 1. The quantitative estimate of drug-likeness (QED) is 0.747. The minimum Gasteiger partial charge on any atom is -0.494 e. The number of thiazole rings is 1. The Morgan fingerprint density at radius 3 is 2.50 bits per heavy atom. The molecule has 1 aromatic carbocycles. The van der Waals surface area contributed by atoms with Crippen LogP contribution in [-0.2, 0) is 6.54 Å². The highest BCUT2D eigenvalue weighted by Gasteiger charge is 2.04. The Bertz CT molecular complexity index is 543. The van der Waals surface area contributed by atoms with Crippen molar-refractivity contribution in [2.75, 3.05) is 27.2 Å². The van der Waals surface area contributed by atoms with E-state index in [1.54, 1.807) is 11.3 Å². The summed E-state index contributed by atoms with van der Waals surface area (Å²) in [5.41, 5.74) is 6.72. The van der Waals surface area contributed by atoms with Crippen molar-refractivity contribution in [2.45, 2.75) is 19.4 Å². The fraction of sp³-hybridized carbons (Fsp3) is 0.438. The molecule has 6 heteroatoms. The zero-order valence-electron chi connectivity index (χ0n) is 13.1. The second-order valence-corrected chi connectivity index (χ2v) is 6.33. The SMILES string of the molecule is CN(C)CCCCOc1ccc(-c2ncc(CN)s2)cc1.Cl. The fourth-order valence-corrected chi connectivity index (χ4v) is 2.75. The number of benzene rings is 1. The van der Waals surface area contributed by atoms with Crippen LogP contribution in [0.4, 0.5) is 0 Å². The van der Waals surface area contributed by atoms with Crippen LogP contribution in [0.25, 0.3) is 10.6 Å². The summed E-state index contributed by atoms with van der Waals surface area (Å²) in [6, 6.07) is 8.11. The standard InChI is InChI=1S/C16H23N3OS.ClH/c1-19(2)9-3-4-10-20-14-7-5-13(6-8-14)16-18-12-15(11-17)21-16;/h5-8,12H,3-4,9-11,17H2,1-2H3;1H. The van der Waals surface area contributed by atoms with E-state index in [1.165, 1.54) is 0 Å². The molecule has 0 unspecified atom stereocenters. The zero-order valence-corrected chi connectivity index (χ0v) is 14.8. The number of ether oxygens (including phenoxy) is 1. The van der Waals surface area contributed by atoms with Crippen molar-refractivity contribution in [2.24, 2.45) is 5.73 Å². The van der Waals surface area contributed by atoms with E-state index < -0.39 is 0 Å². The molecule has 0 atom stereocenters. The summed E-state index contributed by atoms with van der Waals surface area (Å²) in [4.78, 5) is 7.68.